The summed E-state index contributed by atoms with van der Waals surface area (Å²) in [5, 5.41) is 5.70. The number of aromatic nitrogens is 4. The number of carbonyl (C=O) groups excluding carboxylic acids is 4. The van der Waals surface area contributed by atoms with Crippen LogP contribution < -0.4 is 10.6 Å². The van der Waals surface area contributed by atoms with E-state index < -0.39 is 12.1 Å². The van der Waals surface area contributed by atoms with Crippen molar-refractivity contribution < 1.29 is 19.2 Å². The van der Waals surface area contributed by atoms with Crippen LogP contribution in [0.25, 0.3) is 33.2 Å². The molecule has 274 valence electrons. The third-order valence-corrected chi connectivity index (χ3v) is 10.5. The van der Waals surface area contributed by atoms with Crippen LogP contribution in [0.1, 0.15) is 86.5 Å². The van der Waals surface area contributed by atoms with Gasteiger partial charge in [0.25, 0.3) is 0 Å². The molecule has 12 nitrogen and oxygen atoms in total. The summed E-state index contributed by atoms with van der Waals surface area (Å²) in [6.45, 7) is 4.01. The van der Waals surface area contributed by atoms with E-state index in [2.05, 4.69) is 32.7 Å². The standard InChI is InChI=1S/C42H42N8O4/c1-25(51)43-37(27-11-5-3-6-12-27)41(53)49-21-9-15-35(49)39-45-31-19-17-29(23-33(31)47-39)30-18-20-32-34(24-30)48-40(46-32)36-16-10-22-50(36)42(54)38(44-26(2)52)28-13-7-4-8-14-28/h3-8,11-14,17-20,23-24,35-38H,9-10,15-16,21-22H2,1-2H3,(H,43,51)(H,44,52)(H,45,47)(H,46,48)/t35-,36-,37+,38?/m0/s1. The number of imidazole rings is 2. The molecule has 0 aliphatic carbocycles. The largest absolute Gasteiger partial charge is 0.341 e. The summed E-state index contributed by atoms with van der Waals surface area (Å²) in [5.41, 5.74) is 6.80. The highest BCUT2D eigenvalue weighted by Gasteiger charge is 2.38. The van der Waals surface area contributed by atoms with E-state index >= 15 is 0 Å². The van der Waals surface area contributed by atoms with E-state index in [0.717, 1.165) is 81.7 Å². The number of aromatic amines is 2. The highest BCUT2D eigenvalue weighted by molar-refractivity contribution is 5.90. The molecule has 0 radical (unpaired) electrons. The first kappa shape index (κ1) is 34.8. The maximum Gasteiger partial charge on any atom is 0.250 e. The van der Waals surface area contributed by atoms with E-state index in [1.807, 2.05) is 94.7 Å². The number of fused-ring (bicyclic) bond motifs is 2. The van der Waals surface area contributed by atoms with Gasteiger partial charge in [-0.1, -0.05) is 72.8 Å². The molecule has 12 heteroatoms. The molecule has 4 heterocycles. The first-order chi connectivity index (χ1) is 26.2. The second-order valence-corrected chi connectivity index (χ2v) is 14.2. The SMILES string of the molecule is CC(=O)NC(C(=O)N1CCC[C@H]1c1nc2ccc(-c3ccc4nc([C@@H]5CCCN5C(=O)[C@H](NC(C)=O)c5ccccc5)[nH]c4c3)cc2[nH]1)c1ccccc1. The molecule has 0 saturated carbocycles. The van der Waals surface area contributed by atoms with Crippen molar-refractivity contribution in [3.8, 4) is 11.1 Å². The van der Waals surface area contributed by atoms with Gasteiger partial charge in [-0.2, -0.15) is 0 Å². The Balaban J connectivity index is 1.03. The van der Waals surface area contributed by atoms with Gasteiger partial charge in [0.05, 0.1) is 34.2 Å². The second-order valence-electron chi connectivity index (χ2n) is 14.2. The molecular formula is C42H42N8O4. The zero-order valence-electron chi connectivity index (χ0n) is 30.2. The molecule has 2 aliphatic rings. The van der Waals surface area contributed by atoms with Gasteiger partial charge in [-0.15, -0.1) is 0 Å². The Hall–Kier alpha value is -6.30. The third kappa shape index (κ3) is 6.82. The predicted octanol–water partition coefficient (Wildman–Crippen LogP) is 6.19. The van der Waals surface area contributed by atoms with Crippen LogP contribution in [-0.2, 0) is 19.2 Å². The smallest absolute Gasteiger partial charge is 0.250 e. The van der Waals surface area contributed by atoms with E-state index in [9.17, 15) is 19.2 Å². The van der Waals surface area contributed by atoms with Gasteiger partial charge >= 0.3 is 0 Å². The summed E-state index contributed by atoms with van der Waals surface area (Å²) in [5.74, 6) is 0.613. The maximum absolute atomic E-state index is 13.9. The molecule has 2 aromatic heterocycles. The van der Waals surface area contributed by atoms with Gasteiger partial charge in [0.15, 0.2) is 0 Å². The molecule has 6 aromatic rings. The molecule has 4 amide bonds. The minimum absolute atomic E-state index is 0.152. The molecule has 0 spiro atoms. The number of benzene rings is 4. The Morgan fingerprint density at radius 1 is 0.611 bits per heavy atom. The topological polar surface area (TPSA) is 156 Å². The number of carbonyl (C=O) groups is 4. The fourth-order valence-electron chi connectivity index (χ4n) is 7.97. The lowest BCUT2D eigenvalue weighted by Gasteiger charge is -2.28. The van der Waals surface area contributed by atoms with Crippen molar-refractivity contribution in [1.29, 1.82) is 0 Å². The Morgan fingerprint density at radius 3 is 1.41 bits per heavy atom. The van der Waals surface area contributed by atoms with Crippen LogP contribution in [0.2, 0.25) is 0 Å². The average Bonchev–Trinajstić information content (AvgIpc) is 4.01. The van der Waals surface area contributed by atoms with Crippen LogP contribution >= 0.6 is 0 Å². The molecule has 8 rings (SSSR count). The number of H-pyrrole nitrogens is 2. The summed E-state index contributed by atoms with van der Waals surface area (Å²) in [6, 6.07) is 28.8. The Bertz CT molecular complexity index is 2190. The van der Waals surface area contributed by atoms with Crippen LogP contribution in [-0.4, -0.2) is 66.5 Å². The van der Waals surface area contributed by atoms with Crippen molar-refractivity contribution in [2.75, 3.05) is 13.1 Å². The molecular weight excluding hydrogens is 681 g/mol. The van der Waals surface area contributed by atoms with Gasteiger partial charge in [-0.3, -0.25) is 19.2 Å². The number of nitrogens with one attached hydrogen (secondary N) is 4. The van der Waals surface area contributed by atoms with Gasteiger partial charge in [-0.05, 0) is 72.2 Å². The summed E-state index contributed by atoms with van der Waals surface area (Å²) in [6.07, 6.45) is 3.20. The quantitative estimate of drug-likeness (QED) is 0.140. The molecule has 54 heavy (non-hydrogen) atoms. The van der Waals surface area contributed by atoms with Crippen LogP contribution in [0, 0.1) is 0 Å². The molecule has 1 unspecified atom stereocenters. The van der Waals surface area contributed by atoms with E-state index in [0.29, 0.717) is 13.1 Å². The summed E-state index contributed by atoms with van der Waals surface area (Å²) >= 11 is 0. The van der Waals surface area contributed by atoms with E-state index in [4.69, 9.17) is 9.97 Å². The van der Waals surface area contributed by atoms with E-state index in [1.54, 1.807) is 0 Å². The number of amides is 4. The first-order valence-corrected chi connectivity index (χ1v) is 18.5. The van der Waals surface area contributed by atoms with Crippen molar-refractivity contribution in [2.24, 2.45) is 0 Å². The third-order valence-electron chi connectivity index (χ3n) is 10.5. The van der Waals surface area contributed by atoms with Crippen molar-refractivity contribution in [3.05, 3.63) is 120 Å². The fourth-order valence-corrected chi connectivity index (χ4v) is 7.97. The fraction of sp³-hybridized carbons (Fsp3) is 0.286. The molecule has 4 N–H and O–H groups in total. The molecule has 4 atom stereocenters. The molecule has 2 saturated heterocycles. The highest BCUT2D eigenvalue weighted by atomic mass is 16.2. The van der Waals surface area contributed by atoms with Crippen molar-refractivity contribution in [3.63, 3.8) is 0 Å². The number of hydrogen-bond donors (Lipinski definition) is 4. The van der Waals surface area contributed by atoms with Crippen molar-refractivity contribution in [2.45, 2.75) is 63.7 Å². The molecule has 2 aliphatic heterocycles. The minimum atomic E-state index is -0.773. The van der Waals surface area contributed by atoms with E-state index in [-0.39, 0.29) is 35.7 Å². The number of rotatable bonds is 9. The normalized spacial score (nSPS) is 18.2. The molecule has 4 aromatic carbocycles. The lowest BCUT2D eigenvalue weighted by atomic mass is 10.0. The molecule has 2 fully saturated rings. The first-order valence-electron chi connectivity index (χ1n) is 18.5. The lowest BCUT2D eigenvalue weighted by Crippen LogP contribution is -2.42. The van der Waals surface area contributed by atoms with Crippen LogP contribution in [0.3, 0.4) is 0 Å². The number of hydrogen-bond acceptors (Lipinski definition) is 6. The van der Waals surface area contributed by atoms with Gasteiger partial charge in [-0.25, -0.2) is 9.97 Å². The summed E-state index contributed by atoms with van der Waals surface area (Å²) in [7, 11) is 0. The van der Waals surface area contributed by atoms with Crippen molar-refractivity contribution >= 4 is 45.7 Å². The number of likely N-dealkylation sites (tertiary alicyclic amines) is 2. The van der Waals surface area contributed by atoms with Crippen LogP contribution in [0.5, 0.6) is 0 Å². The lowest BCUT2D eigenvalue weighted by molar-refractivity contribution is -0.137. The van der Waals surface area contributed by atoms with Crippen molar-refractivity contribution in [1.82, 2.24) is 40.4 Å². The van der Waals surface area contributed by atoms with Gasteiger partial charge in [0.2, 0.25) is 23.6 Å². The van der Waals surface area contributed by atoms with Gasteiger partial charge in [0.1, 0.15) is 23.7 Å². The Kier molecular flexibility index (Phi) is 9.41. The van der Waals surface area contributed by atoms with Crippen LogP contribution in [0.4, 0.5) is 0 Å². The van der Waals surface area contributed by atoms with Gasteiger partial charge < -0.3 is 30.4 Å². The zero-order chi connectivity index (χ0) is 37.3. The Labute approximate surface area is 312 Å². The van der Waals surface area contributed by atoms with E-state index in [1.165, 1.54) is 13.8 Å². The zero-order valence-corrected chi connectivity index (χ0v) is 30.2. The molecule has 0 bridgehead atoms. The summed E-state index contributed by atoms with van der Waals surface area (Å²) < 4.78 is 0. The van der Waals surface area contributed by atoms with Gasteiger partial charge in [0, 0.05) is 26.9 Å². The maximum atomic E-state index is 13.9. The Morgan fingerprint density at radius 2 is 1.02 bits per heavy atom. The monoisotopic (exact) mass is 722 g/mol. The predicted molar refractivity (Wildman–Crippen MR) is 205 cm³/mol. The van der Waals surface area contributed by atoms with Crippen LogP contribution in [0.15, 0.2) is 97.1 Å². The summed E-state index contributed by atoms with van der Waals surface area (Å²) in [4.78, 5) is 72.5. The number of nitrogens with zero attached hydrogens (tertiary/aromatic N) is 4. The highest BCUT2D eigenvalue weighted by Crippen LogP contribution is 2.37. The minimum Gasteiger partial charge on any atom is -0.341 e. The second kappa shape index (κ2) is 14.6. The average molecular weight is 723 g/mol.